The van der Waals surface area contributed by atoms with Gasteiger partial charge in [-0.25, -0.2) is 8.78 Å². The van der Waals surface area contributed by atoms with E-state index in [2.05, 4.69) is 19.9 Å². The van der Waals surface area contributed by atoms with Crippen LogP contribution in [0.25, 0.3) is 22.1 Å². The maximum Gasteiger partial charge on any atom is 0.125 e. The fourth-order valence-corrected chi connectivity index (χ4v) is 2.86. The van der Waals surface area contributed by atoms with Crippen LogP contribution in [0, 0.1) is 39.3 Å². The van der Waals surface area contributed by atoms with Gasteiger partial charge in [-0.1, -0.05) is 0 Å². The number of aromatic nitrogens is 4. The molecule has 0 aliphatic heterocycles. The van der Waals surface area contributed by atoms with Crippen molar-refractivity contribution in [2.75, 3.05) is 0 Å². The van der Waals surface area contributed by atoms with Gasteiger partial charge in [0.15, 0.2) is 0 Å². The molecule has 1 heterocycles. The summed E-state index contributed by atoms with van der Waals surface area (Å²) < 4.78 is 27.5. The average molecular weight is 378 g/mol. The van der Waals surface area contributed by atoms with Crippen molar-refractivity contribution in [2.45, 2.75) is 27.7 Å². The zero-order valence-corrected chi connectivity index (χ0v) is 16.2. The van der Waals surface area contributed by atoms with Gasteiger partial charge in [0, 0.05) is 34.9 Å². The second kappa shape index (κ2) is 8.17. The molecule has 2 aromatic carbocycles. The van der Waals surface area contributed by atoms with Crippen molar-refractivity contribution < 1.29 is 8.78 Å². The Morgan fingerprint density at radius 2 is 0.786 bits per heavy atom. The average Bonchev–Trinajstić information content (AvgIpc) is 2.58. The molecule has 3 aromatic rings. The molecule has 4 nitrogen and oxygen atoms in total. The van der Waals surface area contributed by atoms with E-state index in [4.69, 9.17) is 0 Å². The molecule has 0 bridgehead atoms. The maximum absolute atomic E-state index is 13.7. The highest BCUT2D eigenvalue weighted by molar-refractivity contribution is 5.74. The molecule has 0 unspecified atom stereocenters. The number of benzene rings is 2. The Hall–Kier alpha value is -3.28. The molecule has 3 rings (SSSR count). The zero-order chi connectivity index (χ0) is 20.3. The molecule has 0 radical (unpaired) electrons. The fraction of sp³-hybridized carbons (Fsp3) is 0.182. The molecule has 6 heteroatoms. The summed E-state index contributed by atoms with van der Waals surface area (Å²) >= 11 is 0. The number of aryl methyl sites for hydroxylation is 4. The molecule has 0 amide bonds. The highest BCUT2D eigenvalue weighted by Gasteiger charge is 1.99. The van der Waals surface area contributed by atoms with E-state index in [-0.39, 0.29) is 11.6 Å². The van der Waals surface area contributed by atoms with Gasteiger partial charge >= 0.3 is 0 Å². The minimum Gasteiger partial charge on any atom is -0.251 e. The third-order valence-electron chi connectivity index (χ3n) is 3.90. The first kappa shape index (κ1) is 19.5. The SMILES string of the molecule is Cc1cc(C)nc2cc(F)ccc2nc(C)cc(C)nc2cc(F)ccc2n1. The molecule has 0 N–H and O–H groups in total. The highest BCUT2D eigenvalue weighted by atomic mass is 19.1. The molecule has 28 heavy (non-hydrogen) atoms. The van der Waals surface area contributed by atoms with E-state index >= 15 is 0 Å². The zero-order valence-electron chi connectivity index (χ0n) is 16.2. The smallest absolute Gasteiger partial charge is 0.125 e. The van der Waals surface area contributed by atoms with Gasteiger partial charge in [0.1, 0.15) is 11.6 Å². The molecule has 0 fully saturated rings. The van der Waals surface area contributed by atoms with Gasteiger partial charge < -0.3 is 0 Å². The third-order valence-corrected chi connectivity index (χ3v) is 3.90. The summed E-state index contributed by atoms with van der Waals surface area (Å²) in [6.45, 7) is 7.23. The van der Waals surface area contributed by atoms with Gasteiger partial charge in [0.25, 0.3) is 0 Å². The van der Waals surface area contributed by atoms with Gasteiger partial charge in [-0.15, -0.1) is 0 Å². The van der Waals surface area contributed by atoms with Crippen LogP contribution in [0.4, 0.5) is 8.78 Å². The van der Waals surface area contributed by atoms with Crippen molar-refractivity contribution in [2.24, 2.45) is 0 Å². The van der Waals surface area contributed by atoms with E-state index < -0.39 is 0 Å². The second-order valence-electron chi connectivity index (χ2n) is 6.57. The molecular weight excluding hydrogens is 358 g/mol. The van der Waals surface area contributed by atoms with Crippen molar-refractivity contribution in [1.29, 1.82) is 0 Å². The quantitative estimate of drug-likeness (QED) is 0.530. The minimum atomic E-state index is -0.382. The summed E-state index contributed by atoms with van der Waals surface area (Å²) in [5.74, 6) is -0.764. The lowest BCUT2D eigenvalue weighted by molar-refractivity contribution is 0.629. The Labute approximate surface area is 162 Å². The lowest BCUT2D eigenvalue weighted by Gasteiger charge is -1.98. The molecule has 1 aromatic heterocycles. The van der Waals surface area contributed by atoms with Crippen molar-refractivity contribution in [3.05, 3.63) is 82.9 Å². The van der Waals surface area contributed by atoms with E-state index in [1.807, 2.05) is 13.8 Å². The normalized spacial score (nSPS) is 10.5. The molecule has 142 valence electrons. The van der Waals surface area contributed by atoms with Gasteiger partial charge in [-0.05, 0) is 64.1 Å². The largest absolute Gasteiger partial charge is 0.251 e. The summed E-state index contributed by atoms with van der Waals surface area (Å²) in [4.78, 5) is 18.1. The van der Waals surface area contributed by atoms with Crippen LogP contribution in [0.1, 0.15) is 22.8 Å². The first-order valence-electron chi connectivity index (χ1n) is 8.80. The molecule has 0 aliphatic rings. The van der Waals surface area contributed by atoms with Crippen LogP contribution in [0.5, 0.6) is 0 Å². The summed E-state index contributed by atoms with van der Waals surface area (Å²) in [6, 6.07) is 12.1. The summed E-state index contributed by atoms with van der Waals surface area (Å²) in [6.07, 6.45) is 0. The third kappa shape index (κ3) is 4.91. The van der Waals surface area contributed by atoms with Crippen LogP contribution in [-0.4, -0.2) is 19.9 Å². The van der Waals surface area contributed by atoms with Crippen molar-refractivity contribution >= 4 is 22.1 Å². The summed E-state index contributed by atoms with van der Waals surface area (Å²) in [5.41, 5.74) is 4.59. The number of rotatable bonds is 0. The number of nitrogens with zero attached hydrogens (tertiary/aromatic N) is 4. The van der Waals surface area contributed by atoms with E-state index in [0.717, 1.165) is 0 Å². The van der Waals surface area contributed by atoms with Crippen molar-refractivity contribution in [3.8, 4) is 0 Å². The maximum atomic E-state index is 13.7. The molecule has 0 atom stereocenters. The fourth-order valence-electron chi connectivity index (χ4n) is 2.86. The monoisotopic (exact) mass is 378 g/mol. The predicted octanol–water partition coefficient (Wildman–Crippen LogP) is 5.33. The van der Waals surface area contributed by atoms with Crippen LogP contribution in [0.15, 0.2) is 48.5 Å². The van der Waals surface area contributed by atoms with E-state index in [1.165, 1.54) is 24.3 Å². The van der Waals surface area contributed by atoms with Crippen LogP contribution < -0.4 is 0 Å². The highest BCUT2D eigenvalue weighted by Crippen LogP contribution is 2.12. The molecular formula is C22H20F2N4. The second-order valence-corrected chi connectivity index (χ2v) is 6.57. The Balaban J connectivity index is 2.50. The first-order valence-corrected chi connectivity index (χ1v) is 8.80. The lowest BCUT2D eigenvalue weighted by Crippen LogP contribution is -1.88. The van der Waals surface area contributed by atoms with Crippen LogP contribution in [0.2, 0.25) is 0 Å². The predicted molar refractivity (Wildman–Crippen MR) is 107 cm³/mol. The number of hydrogen-bond donors (Lipinski definition) is 0. The Bertz CT molecular complexity index is 1100. The molecule has 0 saturated heterocycles. The van der Waals surface area contributed by atoms with E-state index in [1.54, 1.807) is 38.1 Å². The van der Waals surface area contributed by atoms with Crippen LogP contribution >= 0.6 is 0 Å². The minimum absolute atomic E-state index is 0.382. The number of halogens is 2. The van der Waals surface area contributed by atoms with Gasteiger partial charge in [-0.3, -0.25) is 19.9 Å². The standard InChI is InChI=1S/C22H20F2N4/c1-13-9-15(3)27-22-12-18(24)6-8-20(22)26-14(2)10-16(4)28-21-11-17(23)5-7-19(21)25-13/h5-12H,1-4H3. The molecule has 0 saturated carbocycles. The van der Waals surface area contributed by atoms with Crippen LogP contribution in [0.3, 0.4) is 0 Å². The number of fused-ring (bicyclic) bond motifs is 2. The van der Waals surface area contributed by atoms with E-state index in [0.29, 0.717) is 44.8 Å². The van der Waals surface area contributed by atoms with Gasteiger partial charge in [0.05, 0.1) is 22.1 Å². The summed E-state index contributed by atoms with van der Waals surface area (Å²) in [5, 5.41) is 0. The van der Waals surface area contributed by atoms with Gasteiger partial charge in [-0.2, -0.15) is 0 Å². The van der Waals surface area contributed by atoms with Crippen LogP contribution in [-0.2, 0) is 0 Å². The Kier molecular flexibility index (Phi) is 5.68. The van der Waals surface area contributed by atoms with E-state index in [9.17, 15) is 8.78 Å². The van der Waals surface area contributed by atoms with Gasteiger partial charge in [0.2, 0.25) is 0 Å². The molecule has 0 aliphatic carbocycles. The van der Waals surface area contributed by atoms with Crippen molar-refractivity contribution in [3.63, 3.8) is 0 Å². The Morgan fingerprint density at radius 3 is 1.14 bits per heavy atom. The first-order chi connectivity index (χ1) is 13.3. The van der Waals surface area contributed by atoms with Crippen molar-refractivity contribution in [1.82, 2.24) is 19.9 Å². The number of hydrogen-bond acceptors (Lipinski definition) is 4. The Morgan fingerprint density at radius 1 is 0.464 bits per heavy atom. The topological polar surface area (TPSA) is 51.6 Å². The lowest BCUT2D eigenvalue weighted by atomic mass is 10.2. The summed E-state index contributed by atoms with van der Waals surface area (Å²) in [7, 11) is 0. The molecule has 0 spiro atoms.